The van der Waals surface area contributed by atoms with Gasteiger partial charge in [0.2, 0.25) is 0 Å². The van der Waals surface area contributed by atoms with Gasteiger partial charge in [0.05, 0.1) is 5.76 Å². The summed E-state index contributed by atoms with van der Waals surface area (Å²) in [5.74, 6) is -0.102. The van der Waals surface area contributed by atoms with Crippen molar-refractivity contribution >= 4 is 16.6 Å². The molecule has 0 saturated heterocycles. The Morgan fingerprint density at radius 3 is 2.28 bits per heavy atom. The second-order valence-electron chi connectivity index (χ2n) is 9.41. The number of allylic oxidation sites excluding steroid dienone is 2. The van der Waals surface area contributed by atoms with Gasteiger partial charge in [-0.2, -0.15) is 0 Å². The van der Waals surface area contributed by atoms with Crippen LogP contribution in [0, 0.1) is 25.8 Å². The van der Waals surface area contributed by atoms with Crippen molar-refractivity contribution in [3.8, 4) is 11.3 Å². The third kappa shape index (κ3) is 8.64. The van der Waals surface area contributed by atoms with Gasteiger partial charge in [0.25, 0.3) is 0 Å². The van der Waals surface area contributed by atoms with E-state index in [1.807, 2.05) is 20.0 Å². The summed E-state index contributed by atoms with van der Waals surface area (Å²) in [4.78, 5) is 15.7. The van der Waals surface area contributed by atoms with Crippen molar-refractivity contribution in [1.29, 1.82) is 0 Å². The summed E-state index contributed by atoms with van der Waals surface area (Å²) in [7, 11) is 0. The molecule has 0 saturated carbocycles. The van der Waals surface area contributed by atoms with Gasteiger partial charge in [0.1, 0.15) is 0 Å². The predicted octanol–water partition coefficient (Wildman–Crippen LogP) is 8.62. The molecule has 3 rings (SSSR count). The van der Waals surface area contributed by atoms with Crippen molar-refractivity contribution in [2.75, 3.05) is 0 Å². The molecule has 0 aliphatic carbocycles. The average Bonchev–Trinajstić information content (AvgIpc) is 2.83. The zero-order chi connectivity index (χ0) is 26.1. The Balaban J connectivity index is 0.000000382. The number of aromatic nitrogens is 1. The number of halogens is 1. The molecule has 3 nitrogen and oxygen atoms in total. The van der Waals surface area contributed by atoms with Crippen LogP contribution < -0.4 is 0 Å². The standard InChI is InChI=1S/C20H20N.C11H19FO2.Ir/c1-13(2)16-5-6-19-17(12-16)7-8-21-20(19)18-10-14(3)9-15(4)11-18;1-4-8(5-2)10(13)7-11(14)9(12)6-3;/h5-10,12-13H,1-4H3;7-9,13H,4-6H2,1-3H3;/q-1;;/b;10-7-;. The zero-order valence-electron chi connectivity index (χ0n) is 22.5. The van der Waals surface area contributed by atoms with E-state index in [-0.39, 0.29) is 38.2 Å². The Hall–Kier alpha value is -2.36. The summed E-state index contributed by atoms with van der Waals surface area (Å²) in [6.07, 6.45) is 3.13. The van der Waals surface area contributed by atoms with E-state index in [2.05, 4.69) is 75.1 Å². The van der Waals surface area contributed by atoms with Crippen LogP contribution in [0.5, 0.6) is 0 Å². The first-order chi connectivity index (χ1) is 16.6. The average molecular weight is 669 g/mol. The summed E-state index contributed by atoms with van der Waals surface area (Å²) in [5, 5.41) is 11.9. The van der Waals surface area contributed by atoms with Crippen molar-refractivity contribution in [2.45, 2.75) is 79.8 Å². The number of fused-ring (bicyclic) bond motifs is 1. The Morgan fingerprint density at radius 2 is 1.72 bits per heavy atom. The van der Waals surface area contributed by atoms with Crippen LogP contribution in [0.3, 0.4) is 0 Å². The molecule has 0 amide bonds. The molecule has 197 valence electrons. The van der Waals surface area contributed by atoms with E-state index < -0.39 is 12.0 Å². The molecule has 3 aromatic rings. The predicted molar refractivity (Wildman–Crippen MR) is 145 cm³/mol. The maximum atomic E-state index is 12.9. The van der Waals surface area contributed by atoms with Gasteiger partial charge < -0.3 is 10.1 Å². The van der Waals surface area contributed by atoms with Crippen LogP contribution in [-0.2, 0) is 24.9 Å². The monoisotopic (exact) mass is 669 g/mol. The number of alkyl halides is 1. The van der Waals surface area contributed by atoms with Crippen molar-refractivity contribution in [1.82, 2.24) is 4.98 Å². The number of pyridine rings is 1. The van der Waals surface area contributed by atoms with Crippen molar-refractivity contribution in [2.24, 2.45) is 5.92 Å². The SMILES string of the molecule is CCC(F)C(=O)/C=C(\O)C(CC)CC.Cc1[c-]c(-c2nccc3cc(C(C)C)ccc23)cc(C)c1.[Ir]. The van der Waals surface area contributed by atoms with Gasteiger partial charge in [-0.25, -0.2) is 4.39 Å². The van der Waals surface area contributed by atoms with Crippen molar-refractivity contribution < 1.29 is 34.4 Å². The number of aliphatic hydroxyl groups excluding tert-OH is 1. The Kier molecular flexibility index (Phi) is 13.2. The maximum Gasteiger partial charge on any atom is 0.193 e. The molecule has 36 heavy (non-hydrogen) atoms. The summed E-state index contributed by atoms with van der Waals surface area (Å²) in [5.41, 5.74) is 5.87. The Morgan fingerprint density at radius 1 is 1.06 bits per heavy atom. The molecule has 1 unspecified atom stereocenters. The van der Waals surface area contributed by atoms with Crippen LogP contribution in [0.1, 0.15) is 76.5 Å². The molecular weight excluding hydrogens is 630 g/mol. The summed E-state index contributed by atoms with van der Waals surface area (Å²) in [6.45, 7) is 14.1. The molecule has 0 aliphatic rings. The number of hydrogen-bond donors (Lipinski definition) is 1. The molecule has 1 aromatic heterocycles. The zero-order valence-corrected chi connectivity index (χ0v) is 24.9. The van der Waals surface area contributed by atoms with Gasteiger partial charge in [0.15, 0.2) is 12.0 Å². The Bertz CT molecular complexity index is 1150. The number of hydrogen-bond acceptors (Lipinski definition) is 3. The van der Waals surface area contributed by atoms with Gasteiger partial charge in [0, 0.05) is 38.3 Å². The van der Waals surface area contributed by atoms with Crippen LogP contribution >= 0.6 is 0 Å². The van der Waals surface area contributed by atoms with Crippen LogP contribution in [-0.4, -0.2) is 22.0 Å². The number of ketones is 1. The minimum Gasteiger partial charge on any atom is -0.512 e. The first-order valence-corrected chi connectivity index (χ1v) is 12.6. The number of aryl methyl sites for hydroxylation is 2. The fraction of sp³-hybridized carbons (Fsp3) is 0.419. The minimum atomic E-state index is -1.48. The molecule has 1 atom stereocenters. The van der Waals surface area contributed by atoms with Crippen LogP contribution in [0.2, 0.25) is 0 Å². The third-order valence-electron chi connectivity index (χ3n) is 6.22. The largest absolute Gasteiger partial charge is 0.512 e. The Labute approximate surface area is 229 Å². The molecule has 0 fully saturated rings. The first-order valence-electron chi connectivity index (χ1n) is 12.6. The summed E-state index contributed by atoms with van der Waals surface area (Å²) in [6, 6.07) is 16.5. The fourth-order valence-electron chi connectivity index (χ4n) is 4.06. The minimum absolute atomic E-state index is 0. The molecule has 0 spiro atoms. The second kappa shape index (κ2) is 15.0. The van der Waals surface area contributed by atoms with Crippen LogP contribution in [0.25, 0.3) is 22.0 Å². The molecule has 2 aromatic carbocycles. The molecule has 0 bridgehead atoms. The van der Waals surface area contributed by atoms with Gasteiger partial charge in [-0.3, -0.25) is 4.79 Å². The molecule has 1 heterocycles. The van der Waals surface area contributed by atoms with Gasteiger partial charge >= 0.3 is 0 Å². The van der Waals surface area contributed by atoms with Crippen molar-refractivity contribution in [3.63, 3.8) is 0 Å². The summed E-state index contributed by atoms with van der Waals surface area (Å²) >= 11 is 0. The van der Waals surface area contributed by atoms with Crippen LogP contribution in [0.4, 0.5) is 4.39 Å². The number of benzene rings is 2. The maximum absolute atomic E-state index is 12.9. The van der Waals surface area contributed by atoms with Gasteiger partial charge in [-0.05, 0) is 53.3 Å². The quantitative estimate of drug-likeness (QED) is 0.149. The molecule has 1 N–H and O–H groups in total. The smallest absolute Gasteiger partial charge is 0.193 e. The normalized spacial score (nSPS) is 12.2. The van der Waals surface area contributed by atoms with E-state index in [0.29, 0.717) is 5.92 Å². The van der Waals surface area contributed by atoms with Gasteiger partial charge in [-0.1, -0.05) is 66.7 Å². The topological polar surface area (TPSA) is 50.2 Å². The fourth-order valence-corrected chi connectivity index (χ4v) is 4.06. The van der Waals surface area contributed by atoms with E-state index in [4.69, 9.17) is 0 Å². The van der Waals surface area contributed by atoms with E-state index in [9.17, 15) is 14.3 Å². The number of rotatable bonds is 8. The molecule has 5 heteroatoms. The molecular formula is C31H39FIrNO2-. The van der Waals surface area contributed by atoms with E-state index in [1.165, 1.54) is 21.9 Å². The van der Waals surface area contributed by atoms with Crippen LogP contribution in [0.15, 0.2) is 54.4 Å². The second-order valence-corrected chi connectivity index (χ2v) is 9.41. The van der Waals surface area contributed by atoms with E-state index in [1.54, 1.807) is 6.92 Å². The van der Waals surface area contributed by atoms with Gasteiger partial charge in [-0.15, -0.1) is 34.9 Å². The van der Waals surface area contributed by atoms with E-state index in [0.717, 1.165) is 35.7 Å². The van der Waals surface area contributed by atoms with Crippen molar-refractivity contribution in [3.05, 3.63) is 77.2 Å². The molecule has 0 aliphatic heterocycles. The third-order valence-corrected chi connectivity index (χ3v) is 6.22. The number of nitrogens with zero attached hydrogens (tertiary/aromatic N) is 1. The molecule has 1 radical (unpaired) electrons. The number of carbonyl (C=O) groups excluding carboxylic acids is 1. The van der Waals surface area contributed by atoms with E-state index >= 15 is 0 Å². The number of aliphatic hydroxyl groups is 1. The summed E-state index contributed by atoms with van der Waals surface area (Å²) < 4.78 is 12.9. The number of carbonyl (C=O) groups is 1. The first kappa shape index (κ1) is 31.7.